The third-order valence-corrected chi connectivity index (χ3v) is 3.61. The van der Waals surface area contributed by atoms with Crippen molar-refractivity contribution in [1.82, 2.24) is 15.0 Å². The van der Waals surface area contributed by atoms with Crippen molar-refractivity contribution in [2.45, 2.75) is 32.7 Å². The van der Waals surface area contributed by atoms with E-state index in [2.05, 4.69) is 10.3 Å². The number of aromatic nitrogens is 3. The highest BCUT2D eigenvalue weighted by molar-refractivity contribution is 6.34. The predicted molar refractivity (Wildman–Crippen MR) is 78.0 cm³/mol. The number of nitrogens with zero attached hydrogens (tertiary/aromatic N) is 3. The van der Waals surface area contributed by atoms with E-state index in [9.17, 15) is 0 Å². The first-order chi connectivity index (χ1) is 9.08. The SMILES string of the molecule is CCc1c(C(N)CC)nnn1-c1cc(Cl)ccc1Cl. The lowest BCUT2D eigenvalue weighted by Gasteiger charge is -2.10. The molecule has 4 nitrogen and oxygen atoms in total. The topological polar surface area (TPSA) is 56.7 Å². The van der Waals surface area contributed by atoms with Crippen LogP contribution in [0.25, 0.3) is 5.69 Å². The van der Waals surface area contributed by atoms with E-state index in [1.807, 2.05) is 13.8 Å². The zero-order valence-electron chi connectivity index (χ0n) is 10.9. The lowest BCUT2D eigenvalue weighted by atomic mass is 10.1. The van der Waals surface area contributed by atoms with Crippen molar-refractivity contribution >= 4 is 23.2 Å². The van der Waals surface area contributed by atoms with E-state index in [4.69, 9.17) is 28.9 Å². The minimum absolute atomic E-state index is 0.110. The molecule has 1 atom stereocenters. The highest BCUT2D eigenvalue weighted by Gasteiger charge is 2.18. The lowest BCUT2D eigenvalue weighted by molar-refractivity contribution is 0.665. The molecule has 19 heavy (non-hydrogen) atoms. The summed E-state index contributed by atoms with van der Waals surface area (Å²) in [5.74, 6) is 0. The van der Waals surface area contributed by atoms with Crippen LogP contribution in [0.5, 0.6) is 0 Å². The second kappa shape index (κ2) is 5.90. The van der Waals surface area contributed by atoms with E-state index in [0.29, 0.717) is 10.0 Å². The number of nitrogens with two attached hydrogens (primary N) is 1. The van der Waals surface area contributed by atoms with Gasteiger partial charge < -0.3 is 5.73 Å². The van der Waals surface area contributed by atoms with Crippen molar-refractivity contribution in [3.8, 4) is 5.69 Å². The molecule has 0 aliphatic rings. The van der Waals surface area contributed by atoms with Crippen molar-refractivity contribution < 1.29 is 0 Å². The van der Waals surface area contributed by atoms with Crippen LogP contribution >= 0.6 is 23.2 Å². The molecular formula is C13H16Cl2N4. The summed E-state index contributed by atoms with van der Waals surface area (Å²) in [6, 6.07) is 5.16. The van der Waals surface area contributed by atoms with Gasteiger partial charge in [0, 0.05) is 5.02 Å². The number of benzene rings is 1. The third-order valence-electron chi connectivity index (χ3n) is 3.06. The van der Waals surface area contributed by atoms with Gasteiger partial charge in [-0.3, -0.25) is 0 Å². The quantitative estimate of drug-likeness (QED) is 0.939. The Morgan fingerprint density at radius 1 is 1.32 bits per heavy atom. The average molecular weight is 299 g/mol. The Hall–Kier alpha value is -1.10. The summed E-state index contributed by atoms with van der Waals surface area (Å²) in [7, 11) is 0. The standard InChI is InChI=1S/C13H16Cl2N4/c1-3-10(16)13-11(4-2)19(18-17-13)12-7-8(14)5-6-9(12)15/h5-7,10H,3-4,16H2,1-2H3. The molecule has 2 aromatic rings. The van der Waals surface area contributed by atoms with Gasteiger partial charge in [0.1, 0.15) is 5.69 Å². The molecule has 0 saturated heterocycles. The van der Waals surface area contributed by atoms with Crippen LogP contribution in [0.2, 0.25) is 10.0 Å². The number of hydrogen-bond acceptors (Lipinski definition) is 3. The molecule has 1 heterocycles. The van der Waals surface area contributed by atoms with Crippen LogP contribution in [0.15, 0.2) is 18.2 Å². The fourth-order valence-corrected chi connectivity index (χ4v) is 2.33. The molecule has 2 rings (SSSR count). The molecule has 1 aromatic carbocycles. The largest absolute Gasteiger partial charge is 0.323 e. The van der Waals surface area contributed by atoms with Crippen molar-refractivity contribution in [3.63, 3.8) is 0 Å². The summed E-state index contributed by atoms with van der Waals surface area (Å²) in [5, 5.41) is 9.56. The van der Waals surface area contributed by atoms with Crippen molar-refractivity contribution in [2.24, 2.45) is 5.73 Å². The highest BCUT2D eigenvalue weighted by atomic mass is 35.5. The summed E-state index contributed by atoms with van der Waals surface area (Å²) < 4.78 is 1.72. The Kier molecular flexibility index (Phi) is 4.45. The van der Waals surface area contributed by atoms with E-state index < -0.39 is 0 Å². The maximum atomic E-state index is 6.20. The molecule has 0 amide bonds. The molecule has 0 radical (unpaired) electrons. The Bertz CT molecular complexity index is 580. The number of halogens is 2. The molecule has 1 unspecified atom stereocenters. The summed E-state index contributed by atoms with van der Waals surface area (Å²) in [6.45, 7) is 4.06. The molecule has 0 bridgehead atoms. The van der Waals surface area contributed by atoms with Gasteiger partial charge >= 0.3 is 0 Å². The van der Waals surface area contributed by atoms with Crippen LogP contribution in [-0.2, 0) is 6.42 Å². The van der Waals surface area contributed by atoms with Crippen LogP contribution in [0.1, 0.15) is 37.7 Å². The van der Waals surface area contributed by atoms with Crippen molar-refractivity contribution in [2.75, 3.05) is 0 Å². The maximum Gasteiger partial charge on any atom is 0.103 e. The fourth-order valence-electron chi connectivity index (χ4n) is 1.97. The monoisotopic (exact) mass is 298 g/mol. The lowest BCUT2D eigenvalue weighted by Crippen LogP contribution is -2.12. The normalized spacial score (nSPS) is 12.7. The third kappa shape index (κ3) is 2.76. The van der Waals surface area contributed by atoms with Gasteiger partial charge in [-0.2, -0.15) is 0 Å². The van der Waals surface area contributed by atoms with E-state index in [0.717, 1.165) is 29.9 Å². The average Bonchev–Trinajstić information content (AvgIpc) is 2.84. The molecule has 0 saturated carbocycles. The molecule has 0 aliphatic heterocycles. The Labute approximate surface area is 122 Å². The van der Waals surface area contributed by atoms with Crippen LogP contribution in [0.3, 0.4) is 0 Å². The van der Waals surface area contributed by atoms with Crippen molar-refractivity contribution in [3.05, 3.63) is 39.6 Å². The van der Waals surface area contributed by atoms with Crippen molar-refractivity contribution in [1.29, 1.82) is 0 Å². The zero-order valence-corrected chi connectivity index (χ0v) is 12.4. The maximum absolute atomic E-state index is 6.20. The first-order valence-corrected chi connectivity index (χ1v) is 6.99. The summed E-state index contributed by atoms with van der Waals surface area (Å²) in [6.07, 6.45) is 1.59. The first-order valence-electron chi connectivity index (χ1n) is 6.23. The van der Waals surface area contributed by atoms with E-state index in [1.54, 1.807) is 22.9 Å². The predicted octanol–water partition coefficient (Wildman–Crippen LogP) is 3.55. The van der Waals surface area contributed by atoms with Gasteiger partial charge in [0.15, 0.2) is 0 Å². The van der Waals surface area contributed by atoms with Crippen LogP contribution < -0.4 is 5.73 Å². The van der Waals surface area contributed by atoms with E-state index in [-0.39, 0.29) is 6.04 Å². The van der Waals surface area contributed by atoms with Crippen LogP contribution in [-0.4, -0.2) is 15.0 Å². The molecule has 0 aliphatic carbocycles. The molecule has 102 valence electrons. The second-order valence-corrected chi connectivity index (χ2v) is 5.14. The van der Waals surface area contributed by atoms with Gasteiger partial charge in [-0.05, 0) is 31.0 Å². The van der Waals surface area contributed by atoms with Gasteiger partial charge in [0.2, 0.25) is 0 Å². The first kappa shape index (κ1) is 14.3. The Morgan fingerprint density at radius 2 is 2.05 bits per heavy atom. The molecular weight excluding hydrogens is 283 g/mol. The molecule has 0 spiro atoms. The highest BCUT2D eigenvalue weighted by Crippen LogP contribution is 2.27. The molecule has 0 fully saturated rings. The minimum Gasteiger partial charge on any atom is -0.323 e. The van der Waals surface area contributed by atoms with Gasteiger partial charge in [-0.1, -0.05) is 42.3 Å². The van der Waals surface area contributed by atoms with E-state index >= 15 is 0 Å². The van der Waals surface area contributed by atoms with Gasteiger partial charge in [-0.15, -0.1) is 5.10 Å². The summed E-state index contributed by atoms with van der Waals surface area (Å²) in [5.41, 5.74) is 8.58. The Morgan fingerprint density at radius 3 is 2.68 bits per heavy atom. The second-order valence-electron chi connectivity index (χ2n) is 4.30. The van der Waals surface area contributed by atoms with E-state index in [1.165, 1.54) is 0 Å². The van der Waals surface area contributed by atoms with Gasteiger partial charge in [-0.25, -0.2) is 4.68 Å². The minimum atomic E-state index is -0.110. The molecule has 2 N–H and O–H groups in total. The summed E-state index contributed by atoms with van der Waals surface area (Å²) in [4.78, 5) is 0. The number of hydrogen-bond donors (Lipinski definition) is 1. The molecule has 6 heteroatoms. The Balaban J connectivity index is 2.56. The fraction of sp³-hybridized carbons (Fsp3) is 0.385. The summed E-state index contributed by atoms with van der Waals surface area (Å²) >= 11 is 12.2. The molecule has 1 aromatic heterocycles. The van der Waals surface area contributed by atoms with Gasteiger partial charge in [0.25, 0.3) is 0 Å². The van der Waals surface area contributed by atoms with Gasteiger partial charge in [0.05, 0.1) is 22.4 Å². The van der Waals surface area contributed by atoms with Crippen LogP contribution in [0, 0.1) is 0 Å². The van der Waals surface area contributed by atoms with Crippen LogP contribution in [0.4, 0.5) is 0 Å². The number of rotatable bonds is 4. The zero-order chi connectivity index (χ0) is 14.0. The smallest absolute Gasteiger partial charge is 0.103 e.